The van der Waals surface area contributed by atoms with Gasteiger partial charge in [0, 0.05) is 13.7 Å². The molecule has 0 aromatic heterocycles. The van der Waals surface area contributed by atoms with Crippen LogP contribution in [0.25, 0.3) is 0 Å². The fourth-order valence-electron chi connectivity index (χ4n) is 2.47. The van der Waals surface area contributed by atoms with E-state index in [1.54, 1.807) is 12.0 Å². The van der Waals surface area contributed by atoms with Crippen molar-refractivity contribution in [1.82, 2.24) is 10.2 Å². The molecular formula is C14H26N2O3. The van der Waals surface area contributed by atoms with Gasteiger partial charge in [-0.05, 0) is 18.8 Å². The van der Waals surface area contributed by atoms with E-state index in [2.05, 4.69) is 19.2 Å². The summed E-state index contributed by atoms with van der Waals surface area (Å²) in [4.78, 5) is 26.3. The molecule has 5 nitrogen and oxygen atoms in total. The predicted molar refractivity (Wildman–Crippen MR) is 73.7 cm³/mol. The predicted octanol–water partition coefficient (Wildman–Crippen LogP) is 1.17. The smallest absolute Gasteiger partial charge is 0.245 e. The van der Waals surface area contributed by atoms with Crippen LogP contribution < -0.4 is 5.32 Å². The molecule has 0 spiro atoms. The minimum atomic E-state index is -0.377. The molecule has 0 radical (unpaired) electrons. The van der Waals surface area contributed by atoms with E-state index < -0.39 is 0 Å². The van der Waals surface area contributed by atoms with Gasteiger partial charge in [0.15, 0.2) is 0 Å². The van der Waals surface area contributed by atoms with Crippen LogP contribution >= 0.6 is 0 Å². The Balaban J connectivity index is 2.81. The van der Waals surface area contributed by atoms with Gasteiger partial charge in [-0.2, -0.15) is 0 Å². The monoisotopic (exact) mass is 270 g/mol. The average molecular weight is 270 g/mol. The molecule has 0 aromatic rings. The Labute approximate surface area is 115 Å². The van der Waals surface area contributed by atoms with Crippen molar-refractivity contribution < 1.29 is 14.3 Å². The normalized spacial score (nSPS) is 23.9. The lowest BCUT2D eigenvalue weighted by molar-refractivity contribution is -0.150. The van der Waals surface area contributed by atoms with Crippen LogP contribution in [0.1, 0.15) is 40.0 Å². The first-order chi connectivity index (χ1) is 9.01. The Hall–Kier alpha value is -1.10. The summed E-state index contributed by atoms with van der Waals surface area (Å²) in [6.45, 7) is 7.08. The van der Waals surface area contributed by atoms with Gasteiger partial charge in [-0.3, -0.25) is 9.59 Å². The molecule has 1 aliphatic heterocycles. The summed E-state index contributed by atoms with van der Waals surface area (Å²) in [5.74, 6) is 0.383. The van der Waals surface area contributed by atoms with Crippen LogP contribution in [0.2, 0.25) is 0 Å². The number of nitrogens with zero attached hydrogens (tertiary/aromatic N) is 1. The first kappa shape index (κ1) is 16.0. The quantitative estimate of drug-likeness (QED) is 0.755. The van der Waals surface area contributed by atoms with Crippen molar-refractivity contribution in [3.8, 4) is 0 Å². The summed E-state index contributed by atoms with van der Waals surface area (Å²) in [5, 5.41) is 2.87. The largest absolute Gasteiger partial charge is 0.383 e. The number of amides is 2. The first-order valence-electron chi connectivity index (χ1n) is 7.11. The van der Waals surface area contributed by atoms with Crippen LogP contribution in [0.3, 0.4) is 0 Å². The van der Waals surface area contributed by atoms with E-state index in [1.165, 1.54) is 0 Å². The number of nitrogens with one attached hydrogen (secondary N) is 1. The number of carbonyl (C=O) groups is 2. The fourth-order valence-corrected chi connectivity index (χ4v) is 2.47. The Morgan fingerprint density at radius 2 is 2.05 bits per heavy atom. The Morgan fingerprint density at radius 3 is 2.58 bits per heavy atom. The van der Waals surface area contributed by atoms with Crippen molar-refractivity contribution in [1.29, 1.82) is 0 Å². The van der Waals surface area contributed by atoms with Gasteiger partial charge in [-0.1, -0.05) is 27.2 Å². The van der Waals surface area contributed by atoms with E-state index in [4.69, 9.17) is 4.74 Å². The van der Waals surface area contributed by atoms with Crippen molar-refractivity contribution in [2.75, 3.05) is 20.3 Å². The number of methoxy groups -OCH3 is 1. The van der Waals surface area contributed by atoms with E-state index in [9.17, 15) is 9.59 Å². The summed E-state index contributed by atoms with van der Waals surface area (Å²) < 4.78 is 5.05. The SMILES string of the molecule is CCCC1C(=O)NC(CC(C)C)C(=O)N1CCOC. The van der Waals surface area contributed by atoms with Crippen LogP contribution in [0.4, 0.5) is 0 Å². The van der Waals surface area contributed by atoms with Crippen molar-refractivity contribution in [3.63, 3.8) is 0 Å². The topological polar surface area (TPSA) is 58.6 Å². The molecule has 1 heterocycles. The molecular weight excluding hydrogens is 244 g/mol. The van der Waals surface area contributed by atoms with Crippen molar-refractivity contribution in [2.24, 2.45) is 5.92 Å². The Morgan fingerprint density at radius 1 is 1.37 bits per heavy atom. The molecule has 0 saturated carbocycles. The van der Waals surface area contributed by atoms with Gasteiger partial charge in [0.25, 0.3) is 0 Å². The number of rotatable bonds is 7. The van der Waals surface area contributed by atoms with E-state index >= 15 is 0 Å². The number of piperazine rings is 1. The maximum atomic E-state index is 12.5. The maximum Gasteiger partial charge on any atom is 0.245 e. The summed E-state index contributed by atoms with van der Waals surface area (Å²) in [6, 6.07) is -0.714. The van der Waals surface area contributed by atoms with Gasteiger partial charge in [0.2, 0.25) is 11.8 Å². The van der Waals surface area contributed by atoms with Gasteiger partial charge in [-0.15, -0.1) is 0 Å². The highest BCUT2D eigenvalue weighted by atomic mass is 16.5. The molecule has 1 aliphatic rings. The Bertz CT molecular complexity index is 318. The standard InChI is InChI=1S/C14H26N2O3/c1-5-6-12-13(17)15-11(9-10(2)3)14(18)16(12)7-8-19-4/h10-12H,5-9H2,1-4H3,(H,15,17). The van der Waals surface area contributed by atoms with Crippen LogP contribution in [-0.4, -0.2) is 49.1 Å². The lowest BCUT2D eigenvalue weighted by atomic mass is 9.97. The fraction of sp³-hybridized carbons (Fsp3) is 0.857. The average Bonchev–Trinajstić information content (AvgIpc) is 2.34. The molecule has 19 heavy (non-hydrogen) atoms. The van der Waals surface area contributed by atoms with E-state index in [0.717, 1.165) is 6.42 Å². The highest BCUT2D eigenvalue weighted by molar-refractivity contribution is 5.96. The molecule has 1 rings (SSSR count). The van der Waals surface area contributed by atoms with Crippen LogP contribution in [0.5, 0.6) is 0 Å². The van der Waals surface area contributed by atoms with E-state index in [-0.39, 0.29) is 23.9 Å². The minimum Gasteiger partial charge on any atom is -0.383 e. The van der Waals surface area contributed by atoms with Gasteiger partial charge in [-0.25, -0.2) is 0 Å². The summed E-state index contributed by atoms with van der Waals surface area (Å²) >= 11 is 0. The minimum absolute atomic E-state index is 0.0248. The molecule has 0 bridgehead atoms. The second-order valence-corrected chi connectivity index (χ2v) is 5.52. The van der Waals surface area contributed by atoms with Crippen molar-refractivity contribution in [2.45, 2.75) is 52.1 Å². The van der Waals surface area contributed by atoms with Gasteiger partial charge in [0.05, 0.1) is 6.61 Å². The molecule has 0 aliphatic carbocycles. The molecule has 110 valence electrons. The zero-order chi connectivity index (χ0) is 14.4. The lowest BCUT2D eigenvalue weighted by Gasteiger charge is -2.39. The molecule has 0 aromatic carbocycles. The number of hydrogen-bond acceptors (Lipinski definition) is 3. The highest BCUT2D eigenvalue weighted by Crippen LogP contribution is 2.18. The highest BCUT2D eigenvalue weighted by Gasteiger charge is 2.39. The van der Waals surface area contributed by atoms with Crippen LogP contribution in [0.15, 0.2) is 0 Å². The van der Waals surface area contributed by atoms with Gasteiger partial charge < -0.3 is 15.0 Å². The molecule has 1 N–H and O–H groups in total. The lowest BCUT2D eigenvalue weighted by Crippen LogP contribution is -2.63. The molecule has 1 saturated heterocycles. The Kier molecular flexibility index (Phi) is 6.28. The zero-order valence-corrected chi connectivity index (χ0v) is 12.4. The third kappa shape index (κ3) is 4.20. The third-order valence-electron chi connectivity index (χ3n) is 3.38. The number of hydrogen-bond donors (Lipinski definition) is 1. The summed E-state index contributed by atoms with van der Waals surface area (Å²) in [7, 11) is 1.61. The summed E-state index contributed by atoms with van der Waals surface area (Å²) in [6.07, 6.45) is 2.27. The zero-order valence-electron chi connectivity index (χ0n) is 12.4. The molecule has 2 unspecified atom stereocenters. The molecule has 1 fully saturated rings. The number of carbonyl (C=O) groups excluding carboxylic acids is 2. The van der Waals surface area contributed by atoms with E-state index in [1.807, 2.05) is 6.92 Å². The second kappa shape index (κ2) is 7.48. The molecule has 5 heteroatoms. The van der Waals surface area contributed by atoms with Crippen LogP contribution in [-0.2, 0) is 14.3 Å². The maximum absolute atomic E-state index is 12.5. The van der Waals surface area contributed by atoms with E-state index in [0.29, 0.717) is 31.9 Å². The van der Waals surface area contributed by atoms with Crippen LogP contribution in [0, 0.1) is 5.92 Å². The van der Waals surface area contributed by atoms with Crippen molar-refractivity contribution in [3.05, 3.63) is 0 Å². The third-order valence-corrected chi connectivity index (χ3v) is 3.38. The second-order valence-electron chi connectivity index (χ2n) is 5.52. The molecule has 2 amide bonds. The molecule has 2 atom stereocenters. The number of ether oxygens (including phenoxy) is 1. The summed E-state index contributed by atoms with van der Waals surface area (Å²) in [5.41, 5.74) is 0. The first-order valence-corrected chi connectivity index (χ1v) is 7.11. The van der Waals surface area contributed by atoms with Gasteiger partial charge in [0.1, 0.15) is 12.1 Å². The van der Waals surface area contributed by atoms with Crippen molar-refractivity contribution >= 4 is 11.8 Å². The van der Waals surface area contributed by atoms with Gasteiger partial charge >= 0.3 is 0 Å².